The minimum absolute atomic E-state index is 0.177. The van der Waals surface area contributed by atoms with E-state index in [0.717, 1.165) is 24.0 Å². The van der Waals surface area contributed by atoms with E-state index in [0.29, 0.717) is 19.8 Å². The fourth-order valence-electron chi connectivity index (χ4n) is 2.47. The quantitative estimate of drug-likeness (QED) is 0.833. The highest BCUT2D eigenvalue weighted by Crippen LogP contribution is 2.33. The summed E-state index contributed by atoms with van der Waals surface area (Å²) in [5.41, 5.74) is 8.60. The molecule has 0 spiro atoms. The smallest absolute Gasteiger partial charge is 0.170 e. The molecule has 0 aliphatic carbocycles. The first kappa shape index (κ1) is 13.2. The number of nitrogens with two attached hydrogens (primary N) is 1. The van der Waals surface area contributed by atoms with Gasteiger partial charge in [0.2, 0.25) is 0 Å². The summed E-state index contributed by atoms with van der Waals surface area (Å²) in [6, 6.07) is 5.90. The summed E-state index contributed by atoms with van der Waals surface area (Å²) < 4.78 is 5.35. The molecule has 3 heteroatoms. The van der Waals surface area contributed by atoms with Crippen molar-refractivity contribution < 1.29 is 9.53 Å². The van der Waals surface area contributed by atoms with Gasteiger partial charge in [0, 0.05) is 25.3 Å². The molecular formula is C15H21NO2. The third-order valence-electron chi connectivity index (χ3n) is 4.09. The Kier molecular flexibility index (Phi) is 3.83. The standard InChI is InChI=1S/C15H21NO2/c1-11-3-4-13(9-12(11)2)14(17)15(10-16)5-7-18-8-6-15/h3-4,9H,5-8,10,16H2,1-2H3. The van der Waals surface area contributed by atoms with Gasteiger partial charge in [0.1, 0.15) is 0 Å². The van der Waals surface area contributed by atoms with Crippen molar-refractivity contribution in [2.45, 2.75) is 26.7 Å². The second-order valence-electron chi connectivity index (χ2n) is 5.22. The molecule has 0 atom stereocenters. The van der Waals surface area contributed by atoms with Crippen LogP contribution in [0.5, 0.6) is 0 Å². The first-order chi connectivity index (χ1) is 8.59. The highest BCUT2D eigenvalue weighted by atomic mass is 16.5. The third kappa shape index (κ3) is 2.33. The summed E-state index contributed by atoms with van der Waals surface area (Å²) in [4.78, 5) is 12.7. The van der Waals surface area contributed by atoms with Gasteiger partial charge in [0.15, 0.2) is 5.78 Å². The van der Waals surface area contributed by atoms with Gasteiger partial charge in [0.05, 0.1) is 5.41 Å². The van der Waals surface area contributed by atoms with Crippen LogP contribution in [-0.4, -0.2) is 25.5 Å². The number of rotatable bonds is 3. The zero-order valence-electron chi connectivity index (χ0n) is 11.2. The van der Waals surface area contributed by atoms with E-state index in [9.17, 15) is 4.79 Å². The Morgan fingerprint density at radius 3 is 2.50 bits per heavy atom. The number of hydrogen-bond acceptors (Lipinski definition) is 3. The van der Waals surface area contributed by atoms with Gasteiger partial charge >= 0.3 is 0 Å². The van der Waals surface area contributed by atoms with E-state index in [-0.39, 0.29) is 5.78 Å². The van der Waals surface area contributed by atoms with E-state index >= 15 is 0 Å². The maximum atomic E-state index is 12.7. The van der Waals surface area contributed by atoms with Crippen molar-refractivity contribution in [3.05, 3.63) is 34.9 Å². The van der Waals surface area contributed by atoms with Crippen molar-refractivity contribution in [2.75, 3.05) is 19.8 Å². The monoisotopic (exact) mass is 247 g/mol. The maximum absolute atomic E-state index is 12.7. The van der Waals surface area contributed by atoms with E-state index in [1.54, 1.807) is 0 Å². The zero-order chi connectivity index (χ0) is 13.2. The molecule has 3 nitrogen and oxygen atoms in total. The van der Waals surface area contributed by atoms with Gasteiger partial charge in [-0.3, -0.25) is 4.79 Å². The van der Waals surface area contributed by atoms with Crippen LogP contribution in [0, 0.1) is 19.3 Å². The predicted octanol–water partition coefficient (Wildman–Crippen LogP) is 2.24. The van der Waals surface area contributed by atoms with Gasteiger partial charge in [0.25, 0.3) is 0 Å². The molecular weight excluding hydrogens is 226 g/mol. The Bertz CT molecular complexity index is 448. The summed E-state index contributed by atoms with van der Waals surface area (Å²) in [6.45, 7) is 5.76. The molecule has 2 rings (SSSR count). The predicted molar refractivity (Wildman–Crippen MR) is 71.8 cm³/mol. The molecule has 18 heavy (non-hydrogen) atoms. The van der Waals surface area contributed by atoms with Gasteiger partial charge < -0.3 is 10.5 Å². The Morgan fingerprint density at radius 1 is 1.28 bits per heavy atom. The first-order valence-corrected chi connectivity index (χ1v) is 6.49. The van der Waals surface area contributed by atoms with Crippen LogP contribution in [0.15, 0.2) is 18.2 Å². The lowest BCUT2D eigenvalue weighted by molar-refractivity contribution is 0.0200. The molecule has 98 valence electrons. The van der Waals surface area contributed by atoms with Gasteiger partial charge in [-0.15, -0.1) is 0 Å². The van der Waals surface area contributed by atoms with Crippen molar-refractivity contribution in [1.29, 1.82) is 0 Å². The van der Waals surface area contributed by atoms with Crippen LogP contribution in [-0.2, 0) is 4.74 Å². The normalized spacial score (nSPS) is 18.6. The number of Topliss-reactive ketones (excluding diaryl/α,β-unsaturated/α-hetero) is 1. The fourth-order valence-corrected chi connectivity index (χ4v) is 2.47. The van der Waals surface area contributed by atoms with Crippen molar-refractivity contribution in [1.82, 2.24) is 0 Å². The molecule has 1 aliphatic heterocycles. The number of benzene rings is 1. The fraction of sp³-hybridized carbons (Fsp3) is 0.533. The SMILES string of the molecule is Cc1ccc(C(=O)C2(CN)CCOCC2)cc1C. The molecule has 1 heterocycles. The van der Waals surface area contributed by atoms with E-state index < -0.39 is 5.41 Å². The maximum Gasteiger partial charge on any atom is 0.170 e. The number of carbonyl (C=O) groups is 1. The summed E-state index contributed by atoms with van der Waals surface area (Å²) in [5.74, 6) is 0.177. The lowest BCUT2D eigenvalue weighted by atomic mass is 9.74. The number of ketones is 1. The molecule has 0 unspecified atom stereocenters. The van der Waals surface area contributed by atoms with Gasteiger partial charge in [-0.05, 0) is 43.9 Å². The minimum Gasteiger partial charge on any atom is -0.381 e. The number of carbonyl (C=O) groups excluding carboxylic acids is 1. The highest BCUT2D eigenvalue weighted by Gasteiger charge is 2.39. The Morgan fingerprint density at radius 2 is 1.94 bits per heavy atom. The van der Waals surface area contributed by atoms with E-state index in [2.05, 4.69) is 6.92 Å². The average Bonchev–Trinajstić information content (AvgIpc) is 2.42. The van der Waals surface area contributed by atoms with Crippen LogP contribution >= 0.6 is 0 Å². The summed E-state index contributed by atoms with van der Waals surface area (Å²) in [7, 11) is 0. The largest absolute Gasteiger partial charge is 0.381 e. The van der Waals surface area contributed by atoms with Crippen LogP contribution in [0.2, 0.25) is 0 Å². The lowest BCUT2D eigenvalue weighted by Gasteiger charge is -2.34. The van der Waals surface area contributed by atoms with Crippen LogP contribution in [0.4, 0.5) is 0 Å². The molecule has 0 amide bonds. The molecule has 1 aromatic rings. The van der Waals surface area contributed by atoms with Crippen molar-refractivity contribution >= 4 is 5.78 Å². The zero-order valence-corrected chi connectivity index (χ0v) is 11.2. The molecule has 0 aromatic heterocycles. The van der Waals surface area contributed by atoms with Gasteiger partial charge in [-0.2, -0.15) is 0 Å². The summed E-state index contributed by atoms with van der Waals surface area (Å²) >= 11 is 0. The molecule has 1 fully saturated rings. The molecule has 0 bridgehead atoms. The van der Waals surface area contributed by atoms with Crippen molar-refractivity contribution in [2.24, 2.45) is 11.1 Å². The van der Waals surface area contributed by atoms with Gasteiger partial charge in [-0.1, -0.05) is 12.1 Å². The minimum atomic E-state index is -0.417. The average molecular weight is 247 g/mol. The summed E-state index contributed by atoms with van der Waals surface area (Å²) in [6.07, 6.45) is 1.46. The first-order valence-electron chi connectivity index (χ1n) is 6.49. The van der Waals surface area contributed by atoms with Crippen LogP contribution in [0.25, 0.3) is 0 Å². The van der Waals surface area contributed by atoms with Gasteiger partial charge in [-0.25, -0.2) is 0 Å². The third-order valence-corrected chi connectivity index (χ3v) is 4.09. The van der Waals surface area contributed by atoms with Crippen molar-refractivity contribution in [3.63, 3.8) is 0 Å². The molecule has 0 radical (unpaired) electrons. The summed E-state index contributed by atoms with van der Waals surface area (Å²) in [5, 5.41) is 0. The van der Waals surface area contributed by atoms with Crippen LogP contribution in [0.3, 0.4) is 0 Å². The Balaban J connectivity index is 2.30. The lowest BCUT2D eigenvalue weighted by Crippen LogP contribution is -2.43. The van der Waals surface area contributed by atoms with Crippen LogP contribution in [0.1, 0.15) is 34.3 Å². The Labute approximate surface area is 108 Å². The van der Waals surface area contributed by atoms with E-state index in [4.69, 9.17) is 10.5 Å². The molecule has 1 aliphatic rings. The van der Waals surface area contributed by atoms with E-state index in [1.807, 2.05) is 25.1 Å². The molecule has 2 N–H and O–H groups in total. The van der Waals surface area contributed by atoms with Crippen molar-refractivity contribution in [3.8, 4) is 0 Å². The number of hydrogen-bond donors (Lipinski definition) is 1. The second-order valence-corrected chi connectivity index (χ2v) is 5.22. The van der Waals surface area contributed by atoms with Crippen LogP contribution < -0.4 is 5.73 Å². The molecule has 1 saturated heterocycles. The highest BCUT2D eigenvalue weighted by molar-refractivity contribution is 6.01. The second kappa shape index (κ2) is 5.21. The number of ether oxygens (including phenoxy) is 1. The topological polar surface area (TPSA) is 52.3 Å². The Hall–Kier alpha value is -1.19. The molecule has 0 saturated carbocycles. The molecule has 1 aromatic carbocycles. The van der Waals surface area contributed by atoms with E-state index in [1.165, 1.54) is 5.56 Å². The number of aryl methyl sites for hydroxylation is 2.